The second kappa shape index (κ2) is 6.08. The zero-order chi connectivity index (χ0) is 13.9. The second-order valence-corrected chi connectivity index (χ2v) is 6.63. The van der Waals surface area contributed by atoms with E-state index in [1.165, 1.54) is 29.8 Å². The van der Waals surface area contributed by atoms with Crippen LogP contribution in [0.1, 0.15) is 25.3 Å². The minimum absolute atomic E-state index is 0.618. The third kappa shape index (κ3) is 2.95. The standard InChI is InChI=1S/C15H22N4S/c1-11-8-13(5-6-19(11)2)16-9-12-10-17-18-15(12)14-4-3-7-20-14/h3-4,7,10-11,13,16H,5-6,8-9H2,1-2H3,(H,17,18). The van der Waals surface area contributed by atoms with Gasteiger partial charge in [0.1, 0.15) is 0 Å². The molecule has 108 valence electrons. The van der Waals surface area contributed by atoms with Crippen LogP contribution in [0.15, 0.2) is 23.7 Å². The normalized spacial score (nSPS) is 24.1. The predicted molar refractivity (Wildman–Crippen MR) is 83.9 cm³/mol. The summed E-state index contributed by atoms with van der Waals surface area (Å²) in [6, 6.07) is 5.50. The van der Waals surface area contributed by atoms with E-state index in [-0.39, 0.29) is 0 Å². The molecule has 1 saturated heterocycles. The molecular formula is C15H22N4S. The van der Waals surface area contributed by atoms with Gasteiger partial charge in [-0.1, -0.05) is 6.07 Å². The lowest BCUT2D eigenvalue weighted by Gasteiger charge is -2.35. The first kappa shape index (κ1) is 13.8. The summed E-state index contributed by atoms with van der Waals surface area (Å²) in [5.41, 5.74) is 2.42. The fourth-order valence-electron chi connectivity index (χ4n) is 2.81. The molecule has 0 amide bonds. The molecule has 2 aromatic heterocycles. The molecule has 1 fully saturated rings. The Hall–Kier alpha value is -1.17. The molecule has 2 aromatic rings. The van der Waals surface area contributed by atoms with Gasteiger partial charge in [0.25, 0.3) is 0 Å². The van der Waals surface area contributed by atoms with Crippen LogP contribution in [0, 0.1) is 0 Å². The third-order valence-corrected chi connectivity index (χ3v) is 5.16. The van der Waals surface area contributed by atoms with E-state index in [0.717, 1.165) is 12.2 Å². The van der Waals surface area contributed by atoms with E-state index >= 15 is 0 Å². The van der Waals surface area contributed by atoms with E-state index in [0.29, 0.717) is 12.1 Å². The maximum absolute atomic E-state index is 4.20. The van der Waals surface area contributed by atoms with Crippen LogP contribution < -0.4 is 5.32 Å². The average molecular weight is 290 g/mol. The van der Waals surface area contributed by atoms with E-state index in [1.807, 2.05) is 6.20 Å². The molecule has 4 nitrogen and oxygen atoms in total. The second-order valence-electron chi connectivity index (χ2n) is 5.68. The Morgan fingerprint density at radius 2 is 2.45 bits per heavy atom. The highest BCUT2D eigenvalue weighted by Crippen LogP contribution is 2.26. The van der Waals surface area contributed by atoms with Crippen molar-refractivity contribution < 1.29 is 0 Å². The molecule has 0 radical (unpaired) electrons. The molecule has 2 N–H and O–H groups in total. The molecule has 1 aliphatic heterocycles. The van der Waals surface area contributed by atoms with E-state index < -0.39 is 0 Å². The van der Waals surface area contributed by atoms with Crippen molar-refractivity contribution in [3.05, 3.63) is 29.3 Å². The van der Waals surface area contributed by atoms with Crippen molar-refractivity contribution in [3.8, 4) is 10.6 Å². The molecule has 20 heavy (non-hydrogen) atoms. The van der Waals surface area contributed by atoms with E-state index in [1.54, 1.807) is 11.3 Å². The summed E-state index contributed by atoms with van der Waals surface area (Å²) in [5, 5.41) is 13.1. The molecule has 0 aliphatic carbocycles. The number of nitrogens with zero attached hydrogens (tertiary/aromatic N) is 2. The predicted octanol–water partition coefficient (Wildman–Crippen LogP) is 2.71. The molecule has 3 heterocycles. The Labute approximate surface area is 124 Å². The smallest absolute Gasteiger partial charge is 0.0794 e. The van der Waals surface area contributed by atoms with Gasteiger partial charge in [0, 0.05) is 24.2 Å². The maximum atomic E-state index is 4.20. The largest absolute Gasteiger partial charge is 0.310 e. The minimum atomic E-state index is 0.618. The van der Waals surface area contributed by atoms with Gasteiger partial charge in [-0.3, -0.25) is 5.10 Å². The number of likely N-dealkylation sites (tertiary alicyclic amines) is 1. The van der Waals surface area contributed by atoms with E-state index in [9.17, 15) is 0 Å². The highest BCUT2D eigenvalue weighted by Gasteiger charge is 2.22. The van der Waals surface area contributed by atoms with Crippen LogP contribution >= 0.6 is 11.3 Å². The van der Waals surface area contributed by atoms with Crippen LogP contribution in [-0.2, 0) is 6.54 Å². The topological polar surface area (TPSA) is 44.0 Å². The summed E-state index contributed by atoms with van der Waals surface area (Å²) in [5.74, 6) is 0. The molecule has 0 bridgehead atoms. The van der Waals surface area contributed by atoms with Crippen molar-refractivity contribution >= 4 is 11.3 Å². The van der Waals surface area contributed by atoms with Crippen LogP contribution in [-0.4, -0.2) is 40.8 Å². The number of piperidine rings is 1. The lowest BCUT2D eigenvalue weighted by Crippen LogP contribution is -2.45. The first-order valence-corrected chi connectivity index (χ1v) is 8.11. The fourth-order valence-corrected chi connectivity index (χ4v) is 3.56. The Bertz CT molecular complexity index is 534. The molecule has 1 aliphatic rings. The van der Waals surface area contributed by atoms with Crippen molar-refractivity contribution in [1.82, 2.24) is 20.4 Å². The molecule has 5 heteroatoms. The first-order chi connectivity index (χ1) is 9.74. The van der Waals surface area contributed by atoms with E-state index in [2.05, 4.69) is 51.9 Å². The number of nitrogens with one attached hydrogen (secondary N) is 2. The SMILES string of the molecule is CC1CC(NCc2cn[nH]c2-c2cccs2)CCN1C. The van der Waals surface area contributed by atoms with Crippen LogP contribution in [0.5, 0.6) is 0 Å². The summed E-state index contributed by atoms with van der Waals surface area (Å²) < 4.78 is 0. The minimum Gasteiger partial charge on any atom is -0.310 e. The number of aromatic nitrogens is 2. The Morgan fingerprint density at radius 1 is 1.55 bits per heavy atom. The van der Waals surface area contributed by atoms with E-state index in [4.69, 9.17) is 0 Å². The Morgan fingerprint density at radius 3 is 3.20 bits per heavy atom. The van der Waals surface area contributed by atoms with Crippen molar-refractivity contribution in [2.24, 2.45) is 0 Å². The Balaban J connectivity index is 1.61. The van der Waals surface area contributed by atoms with Crippen molar-refractivity contribution in [2.45, 2.75) is 38.4 Å². The summed E-state index contributed by atoms with van der Waals surface area (Å²) in [6.07, 6.45) is 4.40. The molecular weight excluding hydrogens is 268 g/mol. The van der Waals surface area contributed by atoms with Crippen LogP contribution in [0.3, 0.4) is 0 Å². The van der Waals surface area contributed by atoms with Gasteiger partial charge in [-0.15, -0.1) is 11.3 Å². The van der Waals surface area contributed by atoms with Crippen LogP contribution in [0.4, 0.5) is 0 Å². The highest BCUT2D eigenvalue weighted by atomic mass is 32.1. The lowest BCUT2D eigenvalue weighted by molar-refractivity contribution is 0.168. The summed E-state index contributed by atoms with van der Waals surface area (Å²) in [6.45, 7) is 4.38. The van der Waals surface area contributed by atoms with Gasteiger partial charge in [0.2, 0.25) is 0 Å². The number of thiophene rings is 1. The number of hydrogen-bond acceptors (Lipinski definition) is 4. The highest BCUT2D eigenvalue weighted by molar-refractivity contribution is 7.13. The number of hydrogen-bond donors (Lipinski definition) is 2. The van der Waals surface area contributed by atoms with Crippen molar-refractivity contribution in [3.63, 3.8) is 0 Å². The summed E-state index contributed by atoms with van der Waals surface area (Å²) in [4.78, 5) is 3.70. The Kier molecular flexibility index (Phi) is 4.19. The molecule has 2 atom stereocenters. The van der Waals surface area contributed by atoms with Crippen LogP contribution in [0.2, 0.25) is 0 Å². The average Bonchev–Trinajstić information content (AvgIpc) is 3.09. The zero-order valence-electron chi connectivity index (χ0n) is 12.1. The maximum Gasteiger partial charge on any atom is 0.0794 e. The third-order valence-electron chi connectivity index (χ3n) is 4.27. The van der Waals surface area contributed by atoms with Gasteiger partial charge < -0.3 is 10.2 Å². The van der Waals surface area contributed by atoms with Gasteiger partial charge in [0.15, 0.2) is 0 Å². The molecule has 2 unspecified atom stereocenters. The van der Waals surface area contributed by atoms with Crippen LogP contribution in [0.25, 0.3) is 10.6 Å². The lowest BCUT2D eigenvalue weighted by atomic mass is 9.99. The number of aromatic amines is 1. The molecule has 0 saturated carbocycles. The van der Waals surface area contributed by atoms with Crippen molar-refractivity contribution in [2.75, 3.05) is 13.6 Å². The first-order valence-electron chi connectivity index (χ1n) is 7.24. The van der Waals surface area contributed by atoms with Gasteiger partial charge >= 0.3 is 0 Å². The van der Waals surface area contributed by atoms with Gasteiger partial charge in [-0.05, 0) is 44.8 Å². The number of H-pyrrole nitrogens is 1. The molecule has 0 aromatic carbocycles. The molecule has 3 rings (SSSR count). The molecule has 0 spiro atoms. The van der Waals surface area contributed by atoms with Crippen molar-refractivity contribution in [1.29, 1.82) is 0 Å². The van der Waals surface area contributed by atoms with Gasteiger partial charge in [-0.2, -0.15) is 5.10 Å². The zero-order valence-corrected chi connectivity index (χ0v) is 12.9. The summed E-state index contributed by atoms with van der Waals surface area (Å²) >= 11 is 1.75. The van der Waals surface area contributed by atoms with Gasteiger partial charge in [-0.25, -0.2) is 0 Å². The number of rotatable bonds is 4. The van der Waals surface area contributed by atoms with Gasteiger partial charge in [0.05, 0.1) is 16.8 Å². The monoisotopic (exact) mass is 290 g/mol. The quantitative estimate of drug-likeness (QED) is 0.910. The fraction of sp³-hybridized carbons (Fsp3) is 0.533. The summed E-state index contributed by atoms with van der Waals surface area (Å²) in [7, 11) is 2.21.